The Kier molecular flexibility index (Phi) is 5.84. The molecule has 7 heteroatoms. The molecule has 4 N–H and O–H groups in total. The van der Waals surface area contributed by atoms with Crippen LogP contribution in [0.2, 0.25) is 0 Å². The van der Waals surface area contributed by atoms with Crippen molar-refractivity contribution in [1.29, 1.82) is 0 Å². The standard InChI is InChI=1S/C21H22N2O4S/c1-12-3-5-13(6-4-12)19-15(8-10-18(25)26)20(23-21(28)22-19)14-7-9-16(24)17(11-14)27-2/h3-7,9,11,20,24H,8,10H2,1-2H3,(H,25,26)(H2,22,23,28). The summed E-state index contributed by atoms with van der Waals surface area (Å²) >= 11 is 5.41. The predicted molar refractivity (Wildman–Crippen MR) is 111 cm³/mol. The van der Waals surface area contributed by atoms with Gasteiger partial charge in [0, 0.05) is 12.1 Å². The molecule has 0 amide bonds. The molecule has 0 saturated carbocycles. The number of ether oxygens (including phenoxy) is 1. The normalized spacial score (nSPS) is 16.4. The van der Waals surface area contributed by atoms with E-state index in [1.54, 1.807) is 18.2 Å². The summed E-state index contributed by atoms with van der Waals surface area (Å²) in [6.45, 7) is 2.01. The second-order valence-electron chi connectivity index (χ2n) is 6.62. The van der Waals surface area contributed by atoms with Gasteiger partial charge < -0.3 is 25.6 Å². The van der Waals surface area contributed by atoms with Gasteiger partial charge in [-0.15, -0.1) is 0 Å². The number of aliphatic carboxylic acids is 1. The highest BCUT2D eigenvalue weighted by atomic mass is 32.1. The van der Waals surface area contributed by atoms with Crippen LogP contribution in [0.1, 0.15) is 35.6 Å². The lowest BCUT2D eigenvalue weighted by Crippen LogP contribution is -2.43. The number of hydrogen-bond donors (Lipinski definition) is 4. The first-order valence-corrected chi connectivity index (χ1v) is 9.26. The Morgan fingerprint density at radius 1 is 1.21 bits per heavy atom. The van der Waals surface area contributed by atoms with E-state index in [2.05, 4.69) is 10.6 Å². The van der Waals surface area contributed by atoms with Crippen LogP contribution in [0.15, 0.2) is 48.0 Å². The van der Waals surface area contributed by atoms with Gasteiger partial charge in [0.2, 0.25) is 0 Å². The van der Waals surface area contributed by atoms with E-state index in [0.29, 0.717) is 17.3 Å². The molecule has 0 saturated heterocycles. The number of carboxylic acids is 1. The number of aryl methyl sites for hydroxylation is 1. The monoisotopic (exact) mass is 398 g/mol. The lowest BCUT2D eigenvalue weighted by Gasteiger charge is -2.32. The van der Waals surface area contributed by atoms with Crippen LogP contribution in [0.3, 0.4) is 0 Å². The number of rotatable bonds is 6. The smallest absolute Gasteiger partial charge is 0.303 e. The zero-order valence-electron chi connectivity index (χ0n) is 15.7. The van der Waals surface area contributed by atoms with Gasteiger partial charge in [0.05, 0.1) is 13.2 Å². The van der Waals surface area contributed by atoms with Gasteiger partial charge in [0.25, 0.3) is 0 Å². The van der Waals surface area contributed by atoms with Crippen molar-refractivity contribution in [3.05, 3.63) is 64.7 Å². The average molecular weight is 398 g/mol. The minimum Gasteiger partial charge on any atom is -0.504 e. The Labute approximate surface area is 168 Å². The highest BCUT2D eigenvalue weighted by molar-refractivity contribution is 7.80. The number of carboxylic acid groups (broad SMARTS) is 1. The molecule has 0 fully saturated rings. The van der Waals surface area contributed by atoms with Crippen LogP contribution in [-0.4, -0.2) is 28.4 Å². The topological polar surface area (TPSA) is 90.8 Å². The molecule has 6 nitrogen and oxygen atoms in total. The van der Waals surface area contributed by atoms with E-state index < -0.39 is 5.97 Å². The Balaban J connectivity index is 2.12. The van der Waals surface area contributed by atoms with Crippen molar-refractivity contribution < 1.29 is 19.7 Å². The number of hydrogen-bond acceptors (Lipinski definition) is 4. The molecule has 0 bridgehead atoms. The molecule has 146 valence electrons. The third-order valence-corrected chi connectivity index (χ3v) is 4.89. The fourth-order valence-corrected chi connectivity index (χ4v) is 3.46. The van der Waals surface area contributed by atoms with Crippen LogP contribution in [0.4, 0.5) is 0 Å². The van der Waals surface area contributed by atoms with E-state index in [-0.39, 0.29) is 18.2 Å². The van der Waals surface area contributed by atoms with Crippen LogP contribution < -0.4 is 15.4 Å². The average Bonchev–Trinajstić information content (AvgIpc) is 2.67. The van der Waals surface area contributed by atoms with E-state index in [4.69, 9.17) is 17.0 Å². The Morgan fingerprint density at radius 3 is 2.57 bits per heavy atom. The molecule has 2 aromatic carbocycles. The van der Waals surface area contributed by atoms with Crippen LogP contribution in [0, 0.1) is 6.92 Å². The summed E-state index contributed by atoms with van der Waals surface area (Å²) in [4.78, 5) is 11.2. The molecule has 1 aliphatic heterocycles. The number of phenols is 1. The number of carbonyl (C=O) groups is 1. The molecule has 28 heavy (non-hydrogen) atoms. The Bertz CT molecular complexity index is 938. The maximum absolute atomic E-state index is 11.2. The SMILES string of the molecule is COc1cc(C2NC(=S)NC(c3ccc(C)cc3)=C2CCC(=O)O)ccc1O. The largest absolute Gasteiger partial charge is 0.504 e. The van der Waals surface area contributed by atoms with E-state index >= 15 is 0 Å². The minimum absolute atomic E-state index is 0.00741. The zero-order valence-corrected chi connectivity index (χ0v) is 16.5. The Morgan fingerprint density at radius 2 is 1.93 bits per heavy atom. The number of nitrogens with one attached hydrogen (secondary N) is 2. The van der Waals surface area contributed by atoms with E-state index in [9.17, 15) is 15.0 Å². The quantitative estimate of drug-likeness (QED) is 0.554. The summed E-state index contributed by atoms with van der Waals surface area (Å²) in [7, 11) is 1.48. The first kappa shape index (κ1) is 19.7. The molecular weight excluding hydrogens is 376 g/mol. The lowest BCUT2D eigenvalue weighted by molar-refractivity contribution is -0.136. The molecule has 1 aliphatic rings. The van der Waals surface area contributed by atoms with Crippen molar-refractivity contribution in [1.82, 2.24) is 10.6 Å². The van der Waals surface area contributed by atoms with Gasteiger partial charge in [-0.2, -0.15) is 0 Å². The van der Waals surface area contributed by atoms with Gasteiger partial charge in [-0.3, -0.25) is 4.79 Å². The van der Waals surface area contributed by atoms with Crippen LogP contribution in [-0.2, 0) is 4.79 Å². The molecule has 0 aromatic heterocycles. The third-order valence-electron chi connectivity index (χ3n) is 4.67. The summed E-state index contributed by atoms with van der Waals surface area (Å²) < 4.78 is 5.22. The number of benzene rings is 2. The molecular formula is C21H22N2O4S. The summed E-state index contributed by atoms with van der Waals surface area (Å²) in [5.41, 5.74) is 4.58. The van der Waals surface area contributed by atoms with E-state index in [0.717, 1.165) is 28.0 Å². The van der Waals surface area contributed by atoms with Crippen molar-refractivity contribution >= 4 is 29.0 Å². The molecule has 2 aromatic rings. The second-order valence-corrected chi connectivity index (χ2v) is 7.03. The van der Waals surface area contributed by atoms with E-state index in [1.165, 1.54) is 7.11 Å². The van der Waals surface area contributed by atoms with Gasteiger partial charge in [0.15, 0.2) is 16.6 Å². The van der Waals surface area contributed by atoms with Gasteiger partial charge in [-0.1, -0.05) is 35.9 Å². The van der Waals surface area contributed by atoms with Crippen molar-refractivity contribution in [2.24, 2.45) is 0 Å². The van der Waals surface area contributed by atoms with Crippen molar-refractivity contribution in [2.45, 2.75) is 25.8 Å². The van der Waals surface area contributed by atoms with Gasteiger partial charge in [0.1, 0.15) is 0 Å². The third kappa shape index (κ3) is 4.26. The maximum Gasteiger partial charge on any atom is 0.303 e. The molecule has 3 rings (SSSR count). The predicted octanol–water partition coefficient (Wildman–Crippen LogP) is 3.50. The molecule has 0 aliphatic carbocycles. The second kappa shape index (κ2) is 8.31. The van der Waals surface area contributed by atoms with Gasteiger partial charge >= 0.3 is 5.97 Å². The van der Waals surface area contributed by atoms with Crippen LogP contribution >= 0.6 is 12.2 Å². The first-order chi connectivity index (χ1) is 13.4. The molecule has 1 atom stereocenters. The minimum atomic E-state index is -0.869. The molecule has 0 radical (unpaired) electrons. The number of phenolic OH excluding ortho intramolecular Hbond substituents is 1. The highest BCUT2D eigenvalue weighted by Gasteiger charge is 2.28. The molecule has 0 spiro atoms. The summed E-state index contributed by atoms with van der Waals surface area (Å²) in [6.07, 6.45) is 0.335. The highest BCUT2D eigenvalue weighted by Crippen LogP contribution is 2.37. The van der Waals surface area contributed by atoms with Crippen molar-refractivity contribution in [3.63, 3.8) is 0 Å². The fourth-order valence-electron chi connectivity index (χ4n) is 3.24. The fraction of sp³-hybridized carbons (Fsp3) is 0.238. The molecule has 1 heterocycles. The maximum atomic E-state index is 11.2. The van der Waals surface area contributed by atoms with Gasteiger partial charge in [-0.25, -0.2) is 0 Å². The number of aromatic hydroxyl groups is 1. The first-order valence-electron chi connectivity index (χ1n) is 8.85. The van der Waals surface area contributed by atoms with Gasteiger partial charge in [-0.05, 0) is 54.4 Å². The van der Waals surface area contributed by atoms with E-state index in [1.807, 2.05) is 31.2 Å². The summed E-state index contributed by atoms with van der Waals surface area (Å²) in [6, 6.07) is 12.7. The summed E-state index contributed by atoms with van der Waals surface area (Å²) in [5, 5.41) is 26.0. The van der Waals surface area contributed by atoms with Crippen LogP contribution in [0.5, 0.6) is 11.5 Å². The number of thiocarbonyl (C=S) groups is 1. The van der Waals surface area contributed by atoms with Crippen LogP contribution in [0.25, 0.3) is 5.70 Å². The lowest BCUT2D eigenvalue weighted by atomic mass is 9.89. The Hall–Kier alpha value is -3.06. The summed E-state index contributed by atoms with van der Waals surface area (Å²) in [5.74, 6) is -0.484. The van der Waals surface area contributed by atoms with Crippen molar-refractivity contribution in [3.8, 4) is 11.5 Å². The van der Waals surface area contributed by atoms with Crippen molar-refractivity contribution in [2.75, 3.05) is 7.11 Å². The number of methoxy groups -OCH3 is 1. The zero-order chi connectivity index (χ0) is 20.3. The molecule has 1 unspecified atom stereocenters.